The summed E-state index contributed by atoms with van der Waals surface area (Å²) in [4.78, 5) is 28.4. The van der Waals surface area contributed by atoms with Gasteiger partial charge in [0, 0.05) is 13.1 Å². The number of nitrogens with one attached hydrogen (secondary N) is 1. The standard InChI is InChI=1S/C30H37N3O4S/c1-5-20-31-30(35)24(4)32(21-26-13-11-10-12-23(26)3)29(34)22-33(27-18-16-25(6-2)17-19-27)38(36,37)28-14-8-7-9-15-28/h7-19,24H,5-6,20-22H2,1-4H3,(H,31,35). The molecule has 3 aromatic carbocycles. The minimum atomic E-state index is -4.06. The van der Waals surface area contributed by atoms with Crippen LogP contribution in [0.1, 0.15) is 43.9 Å². The molecule has 0 radical (unpaired) electrons. The van der Waals surface area contributed by atoms with Crippen molar-refractivity contribution in [3.05, 3.63) is 95.6 Å². The summed E-state index contributed by atoms with van der Waals surface area (Å²) in [5.74, 6) is -0.745. The van der Waals surface area contributed by atoms with Crippen LogP contribution in [0.5, 0.6) is 0 Å². The van der Waals surface area contributed by atoms with E-state index in [0.717, 1.165) is 33.8 Å². The van der Waals surface area contributed by atoms with Crippen molar-refractivity contribution in [2.75, 3.05) is 17.4 Å². The second kappa shape index (κ2) is 13.2. The van der Waals surface area contributed by atoms with Gasteiger partial charge in [-0.2, -0.15) is 0 Å². The number of carbonyl (C=O) groups is 2. The maximum absolute atomic E-state index is 13.9. The lowest BCUT2D eigenvalue weighted by atomic mass is 10.1. The van der Waals surface area contributed by atoms with Crippen LogP contribution in [-0.2, 0) is 32.6 Å². The van der Waals surface area contributed by atoms with Crippen molar-refractivity contribution in [3.8, 4) is 0 Å². The zero-order valence-corrected chi connectivity index (χ0v) is 23.4. The molecule has 7 nitrogen and oxygen atoms in total. The first kappa shape index (κ1) is 28.9. The van der Waals surface area contributed by atoms with Crippen LogP contribution in [0.15, 0.2) is 83.8 Å². The monoisotopic (exact) mass is 535 g/mol. The van der Waals surface area contributed by atoms with Crippen LogP contribution in [0, 0.1) is 6.92 Å². The van der Waals surface area contributed by atoms with Gasteiger partial charge in [-0.15, -0.1) is 0 Å². The van der Waals surface area contributed by atoms with E-state index in [1.54, 1.807) is 37.3 Å². The Labute approximate surface area is 226 Å². The van der Waals surface area contributed by atoms with Crippen LogP contribution in [0.25, 0.3) is 0 Å². The van der Waals surface area contributed by atoms with Crippen molar-refractivity contribution in [1.29, 1.82) is 0 Å². The van der Waals surface area contributed by atoms with Crippen LogP contribution in [0.4, 0.5) is 5.69 Å². The fraction of sp³-hybridized carbons (Fsp3) is 0.333. The van der Waals surface area contributed by atoms with Gasteiger partial charge in [-0.1, -0.05) is 68.4 Å². The lowest BCUT2D eigenvalue weighted by molar-refractivity contribution is -0.139. The molecule has 1 unspecified atom stereocenters. The number of anilines is 1. The van der Waals surface area contributed by atoms with Crippen LogP contribution >= 0.6 is 0 Å². The predicted molar refractivity (Wildman–Crippen MR) is 151 cm³/mol. The molecule has 2 amide bonds. The molecule has 0 fully saturated rings. The van der Waals surface area contributed by atoms with Gasteiger partial charge in [-0.05, 0) is 67.6 Å². The summed E-state index contributed by atoms with van der Waals surface area (Å²) >= 11 is 0. The summed E-state index contributed by atoms with van der Waals surface area (Å²) in [6.07, 6.45) is 1.57. The number of sulfonamides is 1. The Bertz CT molecular complexity index is 1330. The molecule has 0 aliphatic heterocycles. The van der Waals surface area contributed by atoms with Crippen molar-refractivity contribution in [3.63, 3.8) is 0 Å². The van der Waals surface area contributed by atoms with E-state index in [2.05, 4.69) is 5.32 Å². The smallest absolute Gasteiger partial charge is 0.264 e. The van der Waals surface area contributed by atoms with E-state index in [4.69, 9.17) is 0 Å². The first-order valence-electron chi connectivity index (χ1n) is 13.0. The van der Waals surface area contributed by atoms with Crippen molar-refractivity contribution in [2.24, 2.45) is 0 Å². The number of amides is 2. The third-order valence-corrected chi connectivity index (χ3v) is 8.35. The SMILES string of the molecule is CCCNC(=O)C(C)N(Cc1ccccc1C)C(=O)CN(c1ccc(CC)cc1)S(=O)(=O)c1ccccc1. The number of nitrogens with zero attached hydrogens (tertiary/aromatic N) is 2. The van der Waals surface area contributed by atoms with Gasteiger partial charge in [0.05, 0.1) is 10.6 Å². The zero-order valence-electron chi connectivity index (χ0n) is 22.6. The van der Waals surface area contributed by atoms with Gasteiger partial charge in [-0.25, -0.2) is 8.42 Å². The molecule has 0 aromatic heterocycles. The number of carbonyl (C=O) groups excluding carboxylic acids is 2. The summed E-state index contributed by atoms with van der Waals surface area (Å²) in [5.41, 5.74) is 3.31. The molecular weight excluding hydrogens is 498 g/mol. The van der Waals surface area contributed by atoms with E-state index in [1.807, 2.05) is 57.2 Å². The molecule has 38 heavy (non-hydrogen) atoms. The van der Waals surface area contributed by atoms with Gasteiger partial charge in [-0.3, -0.25) is 13.9 Å². The Morgan fingerprint density at radius 1 is 0.895 bits per heavy atom. The molecule has 1 N–H and O–H groups in total. The highest BCUT2D eigenvalue weighted by molar-refractivity contribution is 7.92. The van der Waals surface area contributed by atoms with Crippen LogP contribution in [0.3, 0.4) is 0 Å². The van der Waals surface area contributed by atoms with Gasteiger partial charge < -0.3 is 10.2 Å². The second-order valence-corrected chi connectivity index (χ2v) is 11.1. The third kappa shape index (κ3) is 7.01. The zero-order chi connectivity index (χ0) is 27.7. The van der Waals surface area contributed by atoms with Crippen LogP contribution in [-0.4, -0.2) is 44.3 Å². The first-order valence-corrected chi connectivity index (χ1v) is 14.4. The molecule has 3 aromatic rings. The Morgan fingerprint density at radius 3 is 2.13 bits per heavy atom. The summed E-state index contributed by atoms with van der Waals surface area (Å²) in [5, 5.41) is 2.86. The molecule has 8 heteroatoms. The van der Waals surface area contributed by atoms with Gasteiger partial charge in [0.1, 0.15) is 12.6 Å². The Hall–Kier alpha value is -3.65. The average Bonchev–Trinajstić information content (AvgIpc) is 2.94. The highest BCUT2D eigenvalue weighted by Crippen LogP contribution is 2.25. The Kier molecular flexibility index (Phi) is 10.1. The number of benzene rings is 3. The molecular formula is C30H37N3O4S. The number of hydrogen-bond acceptors (Lipinski definition) is 4. The topological polar surface area (TPSA) is 86.8 Å². The van der Waals surface area contributed by atoms with Crippen molar-refractivity contribution < 1.29 is 18.0 Å². The van der Waals surface area contributed by atoms with Crippen molar-refractivity contribution >= 4 is 27.5 Å². The Morgan fingerprint density at radius 2 is 1.53 bits per heavy atom. The lowest BCUT2D eigenvalue weighted by Gasteiger charge is -2.32. The molecule has 0 aliphatic carbocycles. The van der Waals surface area contributed by atoms with Gasteiger partial charge in [0.15, 0.2) is 0 Å². The van der Waals surface area contributed by atoms with Crippen molar-refractivity contribution in [2.45, 2.75) is 58.0 Å². The van der Waals surface area contributed by atoms with E-state index in [1.165, 1.54) is 17.0 Å². The highest BCUT2D eigenvalue weighted by atomic mass is 32.2. The first-order chi connectivity index (χ1) is 18.2. The molecule has 0 saturated heterocycles. The van der Waals surface area contributed by atoms with Crippen molar-refractivity contribution in [1.82, 2.24) is 10.2 Å². The molecule has 0 bridgehead atoms. The largest absolute Gasteiger partial charge is 0.354 e. The maximum atomic E-state index is 13.9. The second-order valence-electron chi connectivity index (χ2n) is 9.26. The maximum Gasteiger partial charge on any atom is 0.264 e. The molecule has 0 saturated carbocycles. The molecule has 202 valence electrons. The number of rotatable bonds is 12. The van der Waals surface area contributed by atoms with Gasteiger partial charge in [0.25, 0.3) is 10.0 Å². The average molecular weight is 536 g/mol. The van der Waals surface area contributed by atoms with Gasteiger partial charge in [0.2, 0.25) is 11.8 Å². The summed E-state index contributed by atoms with van der Waals surface area (Å²) < 4.78 is 28.7. The fourth-order valence-corrected chi connectivity index (χ4v) is 5.53. The quantitative estimate of drug-likeness (QED) is 0.364. The molecule has 0 spiro atoms. The molecule has 0 aliphatic rings. The highest BCUT2D eigenvalue weighted by Gasteiger charge is 2.32. The van der Waals surface area contributed by atoms with E-state index < -0.39 is 28.5 Å². The number of hydrogen-bond donors (Lipinski definition) is 1. The lowest BCUT2D eigenvalue weighted by Crippen LogP contribution is -2.51. The van der Waals surface area contributed by atoms with Crippen LogP contribution in [0.2, 0.25) is 0 Å². The summed E-state index contributed by atoms with van der Waals surface area (Å²) in [7, 11) is -4.06. The minimum Gasteiger partial charge on any atom is -0.354 e. The third-order valence-electron chi connectivity index (χ3n) is 6.56. The molecule has 1 atom stereocenters. The minimum absolute atomic E-state index is 0.0894. The molecule has 0 heterocycles. The van der Waals surface area contributed by atoms with Crippen LogP contribution < -0.4 is 9.62 Å². The van der Waals surface area contributed by atoms with E-state index in [0.29, 0.717) is 12.2 Å². The Balaban J connectivity index is 2.02. The van der Waals surface area contributed by atoms with E-state index in [9.17, 15) is 18.0 Å². The number of aryl methyl sites for hydroxylation is 2. The summed E-state index contributed by atoms with van der Waals surface area (Å²) in [6.45, 7) is 7.82. The van der Waals surface area contributed by atoms with E-state index >= 15 is 0 Å². The van der Waals surface area contributed by atoms with Gasteiger partial charge >= 0.3 is 0 Å². The normalized spacial score (nSPS) is 12.0. The predicted octanol–water partition coefficient (Wildman–Crippen LogP) is 4.70. The summed E-state index contributed by atoms with van der Waals surface area (Å²) in [6, 6.07) is 22.1. The fourth-order valence-electron chi connectivity index (χ4n) is 4.10. The van der Waals surface area contributed by atoms with E-state index in [-0.39, 0.29) is 17.3 Å². The molecule has 3 rings (SSSR count).